The highest BCUT2D eigenvalue weighted by Crippen LogP contribution is 2.09. The quantitative estimate of drug-likeness (QED) is 0.791. The molecule has 2 aromatic rings. The van der Waals surface area contributed by atoms with E-state index in [1.54, 1.807) is 12.3 Å². The van der Waals surface area contributed by atoms with Gasteiger partial charge in [-0.3, -0.25) is 4.98 Å². The van der Waals surface area contributed by atoms with Crippen LogP contribution in [0.4, 0.5) is 0 Å². The van der Waals surface area contributed by atoms with Gasteiger partial charge in [0.25, 0.3) is 0 Å². The van der Waals surface area contributed by atoms with Gasteiger partial charge in [-0.15, -0.1) is 0 Å². The molecule has 0 amide bonds. The second-order valence-electron chi connectivity index (χ2n) is 3.69. The minimum absolute atomic E-state index is 0.0710. The van der Waals surface area contributed by atoms with Gasteiger partial charge in [0, 0.05) is 18.3 Å². The molecule has 0 unspecified atom stereocenters. The highest BCUT2D eigenvalue weighted by atomic mass is 16.5. The molecule has 0 atom stereocenters. The van der Waals surface area contributed by atoms with Crippen LogP contribution in [-0.2, 0) is 17.8 Å². The van der Waals surface area contributed by atoms with Crippen LogP contribution >= 0.6 is 0 Å². The molecule has 0 aromatic carbocycles. The lowest BCUT2D eigenvalue weighted by atomic mass is 10.3. The van der Waals surface area contributed by atoms with Crippen LogP contribution in [0.3, 0.4) is 0 Å². The van der Waals surface area contributed by atoms with E-state index in [2.05, 4.69) is 4.98 Å². The van der Waals surface area contributed by atoms with Crippen LogP contribution in [0.25, 0.3) is 0 Å². The van der Waals surface area contributed by atoms with Crippen molar-refractivity contribution < 1.29 is 19.1 Å². The molecule has 2 aromatic heterocycles. The molecule has 0 aliphatic rings. The van der Waals surface area contributed by atoms with Gasteiger partial charge in [0.05, 0.1) is 6.61 Å². The van der Waals surface area contributed by atoms with E-state index >= 15 is 0 Å². The fourth-order valence-corrected chi connectivity index (χ4v) is 1.47. The number of carbonyl (C=O) groups is 1. The van der Waals surface area contributed by atoms with Crippen molar-refractivity contribution in [3.8, 4) is 0 Å². The summed E-state index contributed by atoms with van der Waals surface area (Å²) in [6.45, 7) is 0.778. The van der Waals surface area contributed by atoms with Gasteiger partial charge in [0.15, 0.2) is 0 Å². The molecule has 0 aliphatic carbocycles. The minimum atomic E-state index is -1.07. The van der Waals surface area contributed by atoms with Crippen molar-refractivity contribution in [1.29, 1.82) is 0 Å². The van der Waals surface area contributed by atoms with Gasteiger partial charge in [-0.1, -0.05) is 6.07 Å². The molecular weight excluding hydrogens is 234 g/mol. The third-order valence-electron chi connectivity index (χ3n) is 2.35. The molecule has 2 rings (SSSR count). The predicted octanol–water partition coefficient (Wildman–Crippen LogP) is 2.13. The first kappa shape index (κ1) is 12.3. The van der Waals surface area contributed by atoms with E-state index in [0.29, 0.717) is 18.8 Å². The lowest BCUT2D eigenvalue weighted by molar-refractivity contribution is 0.0648. The Morgan fingerprint density at radius 1 is 1.33 bits per heavy atom. The molecule has 0 spiro atoms. The van der Waals surface area contributed by atoms with Crippen LogP contribution < -0.4 is 0 Å². The van der Waals surface area contributed by atoms with Crippen LogP contribution in [0.2, 0.25) is 0 Å². The Morgan fingerprint density at radius 2 is 2.22 bits per heavy atom. The number of rotatable bonds is 6. The molecule has 0 bridgehead atoms. The fraction of sp³-hybridized carbons (Fsp3) is 0.231. The number of nitrogens with zero attached hydrogens (tertiary/aromatic N) is 1. The third kappa shape index (κ3) is 3.43. The average Bonchev–Trinajstić information content (AvgIpc) is 2.85. The van der Waals surface area contributed by atoms with Crippen molar-refractivity contribution in [2.45, 2.75) is 13.0 Å². The number of hydrogen-bond acceptors (Lipinski definition) is 4. The van der Waals surface area contributed by atoms with Crippen LogP contribution in [0.15, 0.2) is 40.9 Å². The summed E-state index contributed by atoms with van der Waals surface area (Å²) in [6.07, 6.45) is 2.45. The van der Waals surface area contributed by atoms with Gasteiger partial charge in [-0.05, 0) is 24.3 Å². The van der Waals surface area contributed by atoms with Gasteiger partial charge in [0.1, 0.15) is 12.4 Å². The van der Waals surface area contributed by atoms with E-state index in [0.717, 1.165) is 5.69 Å². The zero-order valence-corrected chi connectivity index (χ0v) is 9.70. The fourth-order valence-electron chi connectivity index (χ4n) is 1.47. The van der Waals surface area contributed by atoms with Crippen molar-refractivity contribution in [1.82, 2.24) is 4.98 Å². The summed E-state index contributed by atoms with van der Waals surface area (Å²) in [5.41, 5.74) is 0.961. The molecule has 2 heterocycles. The van der Waals surface area contributed by atoms with E-state index in [1.807, 2.05) is 18.2 Å². The number of ether oxygens (including phenoxy) is 1. The third-order valence-corrected chi connectivity index (χ3v) is 2.35. The number of aromatic carboxylic acids is 1. The smallest absolute Gasteiger partial charge is 0.371 e. The Kier molecular flexibility index (Phi) is 4.09. The summed E-state index contributed by atoms with van der Waals surface area (Å²) in [5, 5.41) is 8.68. The molecule has 0 radical (unpaired) electrons. The van der Waals surface area contributed by atoms with Crippen molar-refractivity contribution in [2.24, 2.45) is 0 Å². The molecule has 18 heavy (non-hydrogen) atoms. The summed E-state index contributed by atoms with van der Waals surface area (Å²) in [6, 6.07) is 8.73. The molecular formula is C13H13NO4. The molecule has 0 saturated carbocycles. The van der Waals surface area contributed by atoms with Crippen molar-refractivity contribution in [2.75, 3.05) is 6.61 Å². The SMILES string of the molecule is O=C(O)c1ccc(COCCc2ccccn2)o1. The Morgan fingerprint density at radius 3 is 2.89 bits per heavy atom. The van der Waals surface area contributed by atoms with Gasteiger partial charge in [-0.25, -0.2) is 4.79 Å². The standard InChI is InChI=1S/C13H13NO4/c15-13(16)12-5-4-11(18-12)9-17-8-6-10-3-1-2-7-14-10/h1-5,7H,6,8-9H2,(H,15,16). The Balaban J connectivity index is 1.73. The van der Waals surface area contributed by atoms with E-state index < -0.39 is 5.97 Å². The highest BCUT2D eigenvalue weighted by molar-refractivity contribution is 5.84. The summed E-state index contributed by atoms with van der Waals surface area (Å²) >= 11 is 0. The van der Waals surface area contributed by atoms with Gasteiger partial charge >= 0.3 is 5.97 Å². The van der Waals surface area contributed by atoms with E-state index in [9.17, 15) is 4.79 Å². The number of aromatic nitrogens is 1. The molecule has 1 N–H and O–H groups in total. The maximum atomic E-state index is 10.6. The van der Waals surface area contributed by atoms with Gasteiger partial charge in [-0.2, -0.15) is 0 Å². The maximum Gasteiger partial charge on any atom is 0.371 e. The number of carboxylic acid groups (broad SMARTS) is 1. The van der Waals surface area contributed by atoms with E-state index in [4.69, 9.17) is 14.3 Å². The first-order chi connectivity index (χ1) is 8.75. The largest absolute Gasteiger partial charge is 0.475 e. The summed E-state index contributed by atoms with van der Waals surface area (Å²) in [5.74, 6) is -0.638. The normalized spacial score (nSPS) is 10.4. The number of pyridine rings is 1. The highest BCUT2D eigenvalue weighted by Gasteiger charge is 2.08. The number of carboxylic acids is 1. The molecule has 5 nitrogen and oxygen atoms in total. The van der Waals surface area contributed by atoms with E-state index in [1.165, 1.54) is 6.07 Å². The van der Waals surface area contributed by atoms with Gasteiger partial charge in [0.2, 0.25) is 5.76 Å². The zero-order chi connectivity index (χ0) is 12.8. The van der Waals surface area contributed by atoms with E-state index in [-0.39, 0.29) is 12.4 Å². The van der Waals surface area contributed by atoms with Gasteiger partial charge < -0.3 is 14.3 Å². The Bertz CT molecular complexity index is 507. The number of furan rings is 1. The zero-order valence-electron chi connectivity index (χ0n) is 9.70. The maximum absolute atomic E-state index is 10.6. The molecule has 0 saturated heterocycles. The molecule has 5 heteroatoms. The topological polar surface area (TPSA) is 72.6 Å². The Hall–Kier alpha value is -2.14. The first-order valence-electron chi connectivity index (χ1n) is 5.55. The lowest BCUT2D eigenvalue weighted by Crippen LogP contribution is -2.00. The minimum Gasteiger partial charge on any atom is -0.475 e. The van der Waals surface area contributed by atoms with Crippen LogP contribution in [-0.4, -0.2) is 22.7 Å². The van der Waals surface area contributed by atoms with Crippen LogP contribution in [0, 0.1) is 0 Å². The molecule has 0 aliphatic heterocycles. The predicted molar refractivity (Wildman–Crippen MR) is 63.3 cm³/mol. The summed E-state index contributed by atoms with van der Waals surface area (Å²) < 4.78 is 10.4. The molecule has 94 valence electrons. The first-order valence-corrected chi connectivity index (χ1v) is 5.55. The summed E-state index contributed by atoms with van der Waals surface area (Å²) in [4.78, 5) is 14.8. The number of hydrogen-bond donors (Lipinski definition) is 1. The van der Waals surface area contributed by atoms with Crippen molar-refractivity contribution in [3.63, 3.8) is 0 Å². The second-order valence-corrected chi connectivity index (χ2v) is 3.69. The lowest BCUT2D eigenvalue weighted by Gasteiger charge is -2.01. The monoisotopic (exact) mass is 247 g/mol. The Labute approximate surface area is 104 Å². The molecule has 0 fully saturated rings. The average molecular weight is 247 g/mol. The summed E-state index contributed by atoms with van der Waals surface area (Å²) in [7, 11) is 0. The van der Waals surface area contributed by atoms with Crippen molar-refractivity contribution in [3.05, 3.63) is 53.7 Å². The van der Waals surface area contributed by atoms with Crippen molar-refractivity contribution >= 4 is 5.97 Å². The second kappa shape index (κ2) is 5.97. The van der Waals surface area contributed by atoms with Crippen LogP contribution in [0.1, 0.15) is 22.0 Å². The van der Waals surface area contributed by atoms with Crippen LogP contribution in [0.5, 0.6) is 0 Å².